The van der Waals surface area contributed by atoms with Gasteiger partial charge in [-0.1, -0.05) is 35.9 Å². The summed E-state index contributed by atoms with van der Waals surface area (Å²) >= 11 is 0. The third-order valence-corrected chi connectivity index (χ3v) is 6.49. The Hall–Kier alpha value is -2.95. The molecule has 162 valence electrons. The van der Waals surface area contributed by atoms with Crippen molar-refractivity contribution in [2.24, 2.45) is 0 Å². The number of hydrogen-bond acceptors (Lipinski definition) is 4. The summed E-state index contributed by atoms with van der Waals surface area (Å²) in [7, 11) is 0. The van der Waals surface area contributed by atoms with Gasteiger partial charge < -0.3 is 9.64 Å². The number of fused-ring (bicyclic) bond motifs is 1. The number of piperidine rings is 1. The monoisotopic (exact) mass is 419 g/mol. The summed E-state index contributed by atoms with van der Waals surface area (Å²) in [6.45, 7) is 7.03. The Morgan fingerprint density at radius 3 is 2.32 bits per heavy atom. The maximum Gasteiger partial charge on any atom is 0.223 e. The molecule has 31 heavy (non-hydrogen) atoms. The minimum Gasteiger partial charge on any atom is -0.486 e. The van der Waals surface area contributed by atoms with Gasteiger partial charge in [-0.2, -0.15) is 0 Å². The van der Waals surface area contributed by atoms with Gasteiger partial charge in [0.1, 0.15) is 11.4 Å². The number of amides is 1. The summed E-state index contributed by atoms with van der Waals surface area (Å²) in [4.78, 5) is 39.7. The molecule has 0 saturated carbocycles. The highest BCUT2D eigenvalue weighted by Crippen LogP contribution is 2.41. The van der Waals surface area contributed by atoms with Crippen LogP contribution in [0.25, 0.3) is 0 Å². The molecular formula is C26H29NO4. The molecule has 2 aliphatic rings. The number of rotatable bonds is 4. The van der Waals surface area contributed by atoms with Crippen LogP contribution in [-0.2, 0) is 4.79 Å². The smallest absolute Gasteiger partial charge is 0.223 e. The lowest BCUT2D eigenvalue weighted by Crippen LogP contribution is -2.52. The molecule has 0 unspecified atom stereocenters. The van der Waals surface area contributed by atoms with Crippen LogP contribution in [0.15, 0.2) is 36.4 Å². The normalized spacial score (nSPS) is 17.3. The molecule has 1 saturated heterocycles. The summed E-state index contributed by atoms with van der Waals surface area (Å²) < 4.78 is 6.40. The lowest BCUT2D eigenvalue weighted by molar-refractivity contribution is -0.134. The van der Waals surface area contributed by atoms with Gasteiger partial charge in [-0.25, -0.2) is 0 Å². The van der Waals surface area contributed by atoms with Crippen LogP contribution in [0.3, 0.4) is 0 Å². The van der Waals surface area contributed by atoms with Crippen molar-refractivity contribution in [1.29, 1.82) is 0 Å². The molecule has 5 nitrogen and oxygen atoms in total. The number of aryl methyl sites for hydroxylation is 3. The van der Waals surface area contributed by atoms with Gasteiger partial charge in [-0.05, 0) is 38.0 Å². The molecule has 2 aromatic rings. The van der Waals surface area contributed by atoms with Gasteiger partial charge in [-0.3, -0.25) is 14.4 Å². The van der Waals surface area contributed by atoms with E-state index in [1.54, 1.807) is 4.90 Å². The van der Waals surface area contributed by atoms with Gasteiger partial charge >= 0.3 is 0 Å². The van der Waals surface area contributed by atoms with E-state index in [4.69, 9.17) is 4.74 Å². The second-order valence-electron chi connectivity index (χ2n) is 9.01. The Labute approximate surface area is 183 Å². The molecule has 0 aromatic heterocycles. The largest absolute Gasteiger partial charge is 0.486 e. The number of carbonyl (C=O) groups excluding carboxylic acids is 3. The molecule has 2 aromatic carbocycles. The van der Waals surface area contributed by atoms with E-state index in [9.17, 15) is 14.4 Å². The maximum atomic E-state index is 12.8. The van der Waals surface area contributed by atoms with E-state index in [2.05, 4.69) is 0 Å². The number of carbonyl (C=O) groups is 3. The molecule has 0 N–H and O–H groups in total. The summed E-state index contributed by atoms with van der Waals surface area (Å²) in [6, 6.07) is 11.4. The van der Waals surface area contributed by atoms with Crippen LogP contribution < -0.4 is 4.74 Å². The number of Topliss-reactive ketones (excluding diaryl/α,β-unsaturated/α-hetero) is 2. The Bertz CT molecular complexity index is 1030. The van der Waals surface area contributed by atoms with Crippen LogP contribution in [0.1, 0.15) is 69.5 Å². The number of nitrogens with zero attached hydrogens (tertiary/aromatic N) is 1. The van der Waals surface area contributed by atoms with Crippen LogP contribution in [0.5, 0.6) is 5.75 Å². The van der Waals surface area contributed by atoms with Crippen LogP contribution >= 0.6 is 0 Å². The van der Waals surface area contributed by atoms with Gasteiger partial charge in [0.2, 0.25) is 5.91 Å². The third-order valence-electron chi connectivity index (χ3n) is 6.49. The molecule has 0 bridgehead atoms. The van der Waals surface area contributed by atoms with Crippen molar-refractivity contribution in [1.82, 2.24) is 4.90 Å². The average molecular weight is 420 g/mol. The van der Waals surface area contributed by atoms with Crippen molar-refractivity contribution in [3.63, 3.8) is 0 Å². The standard InChI is InChI=1S/C26H29NO4/c1-17-4-6-20(7-5-17)22(28)8-9-24(30)27-12-10-26(11-13-27)16-23(29)21-15-18(2)14-19(3)25(21)31-26/h4-7,14-15H,8-13,16H2,1-3H3. The first-order valence-electron chi connectivity index (χ1n) is 11.0. The zero-order chi connectivity index (χ0) is 22.2. The van der Waals surface area contributed by atoms with Crippen LogP contribution in [0, 0.1) is 20.8 Å². The zero-order valence-electron chi connectivity index (χ0n) is 18.5. The molecule has 4 rings (SSSR count). The first-order valence-corrected chi connectivity index (χ1v) is 11.0. The molecule has 0 radical (unpaired) electrons. The first-order chi connectivity index (χ1) is 14.8. The SMILES string of the molecule is Cc1ccc(C(=O)CCC(=O)N2CCC3(CC2)CC(=O)c2cc(C)cc(C)c2O3)cc1. The van der Waals surface area contributed by atoms with E-state index < -0.39 is 5.60 Å². The molecule has 1 spiro atoms. The number of ketones is 2. The predicted molar refractivity (Wildman–Crippen MR) is 119 cm³/mol. The van der Waals surface area contributed by atoms with E-state index in [-0.39, 0.29) is 30.3 Å². The van der Waals surface area contributed by atoms with Crippen molar-refractivity contribution < 1.29 is 19.1 Å². The minimum absolute atomic E-state index is 0.00887. The van der Waals surface area contributed by atoms with Crippen molar-refractivity contribution in [2.75, 3.05) is 13.1 Å². The second kappa shape index (κ2) is 8.29. The molecular weight excluding hydrogens is 390 g/mol. The fourth-order valence-corrected chi connectivity index (χ4v) is 4.64. The highest BCUT2D eigenvalue weighted by atomic mass is 16.5. The fraction of sp³-hybridized carbons (Fsp3) is 0.423. The van der Waals surface area contributed by atoms with Gasteiger partial charge in [0.15, 0.2) is 11.6 Å². The lowest BCUT2D eigenvalue weighted by Gasteiger charge is -2.44. The molecule has 0 aliphatic carbocycles. The zero-order valence-corrected chi connectivity index (χ0v) is 18.5. The van der Waals surface area contributed by atoms with E-state index >= 15 is 0 Å². The van der Waals surface area contributed by atoms with E-state index in [0.29, 0.717) is 49.2 Å². The molecule has 1 fully saturated rings. The van der Waals surface area contributed by atoms with Gasteiger partial charge in [0, 0.05) is 44.3 Å². The molecule has 1 amide bonds. The molecule has 2 aliphatic heterocycles. The van der Waals surface area contributed by atoms with Gasteiger partial charge in [-0.15, -0.1) is 0 Å². The van der Waals surface area contributed by atoms with E-state index in [1.165, 1.54) is 0 Å². The van der Waals surface area contributed by atoms with Gasteiger partial charge in [0.25, 0.3) is 0 Å². The molecule has 2 heterocycles. The van der Waals surface area contributed by atoms with E-state index in [1.807, 2.05) is 57.2 Å². The Morgan fingerprint density at radius 2 is 1.65 bits per heavy atom. The number of likely N-dealkylation sites (tertiary alicyclic amines) is 1. The third kappa shape index (κ3) is 4.41. The van der Waals surface area contributed by atoms with E-state index in [0.717, 1.165) is 16.7 Å². The molecule has 0 atom stereocenters. The highest BCUT2D eigenvalue weighted by molar-refractivity contribution is 6.01. The lowest BCUT2D eigenvalue weighted by atomic mass is 9.81. The highest BCUT2D eigenvalue weighted by Gasteiger charge is 2.44. The maximum absolute atomic E-state index is 12.8. The Morgan fingerprint density at radius 1 is 0.968 bits per heavy atom. The minimum atomic E-state index is -0.529. The first kappa shape index (κ1) is 21.3. The Kier molecular flexibility index (Phi) is 5.69. The number of benzene rings is 2. The average Bonchev–Trinajstić information content (AvgIpc) is 2.74. The molecule has 5 heteroatoms. The topological polar surface area (TPSA) is 63.7 Å². The van der Waals surface area contributed by atoms with Crippen LogP contribution in [0.4, 0.5) is 0 Å². The van der Waals surface area contributed by atoms with Crippen molar-refractivity contribution in [2.45, 2.75) is 58.5 Å². The van der Waals surface area contributed by atoms with Crippen molar-refractivity contribution in [3.05, 3.63) is 64.2 Å². The summed E-state index contributed by atoms with van der Waals surface area (Å²) in [6.07, 6.45) is 2.04. The summed E-state index contributed by atoms with van der Waals surface area (Å²) in [5.74, 6) is 0.803. The number of hydrogen-bond donors (Lipinski definition) is 0. The Balaban J connectivity index is 1.35. The van der Waals surface area contributed by atoms with Gasteiger partial charge in [0.05, 0.1) is 12.0 Å². The quantitative estimate of drug-likeness (QED) is 0.680. The van der Waals surface area contributed by atoms with Crippen molar-refractivity contribution in [3.8, 4) is 5.75 Å². The van der Waals surface area contributed by atoms with Crippen LogP contribution in [0.2, 0.25) is 0 Å². The summed E-state index contributed by atoms with van der Waals surface area (Å²) in [5.41, 5.74) is 3.94. The van der Waals surface area contributed by atoms with Crippen molar-refractivity contribution >= 4 is 17.5 Å². The number of ether oxygens (including phenoxy) is 1. The fourth-order valence-electron chi connectivity index (χ4n) is 4.64. The second-order valence-corrected chi connectivity index (χ2v) is 9.01. The predicted octanol–water partition coefficient (Wildman–Crippen LogP) is 4.60. The summed E-state index contributed by atoms with van der Waals surface area (Å²) in [5, 5.41) is 0. The van der Waals surface area contributed by atoms with Crippen LogP contribution in [-0.4, -0.2) is 41.1 Å².